The van der Waals surface area contributed by atoms with Gasteiger partial charge in [-0.1, -0.05) is 35.3 Å². The number of alkyl halides is 2. The van der Waals surface area contributed by atoms with Crippen molar-refractivity contribution in [2.45, 2.75) is 77.7 Å². The van der Waals surface area contributed by atoms with E-state index in [4.69, 9.17) is 46.9 Å². The molecule has 2 saturated carbocycles. The van der Waals surface area contributed by atoms with Crippen molar-refractivity contribution in [2.24, 2.45) is 11.8 Å². The van der Waals surface area contributed by atoms with E-state index in [-0.39, 0.29) is 39.3 Å². The molecule has 11 nitrogen and oxygen atoms in total. The van der Waals surface area contributed by atoms with Crippen LogP contribution in [-0.2, 0) is 32.5 Å². The Labute approximate surface area is 311 Å². The van der Waals surface area contributed by atoms with Crippen molar-refractivity contribution in [3.05, 3.63) is 81.1 Å². The summed E-state index contributed by atoms with van der Waals surface area (Å²) >= 11 is 12.9. The molecule has 16 heteroatoms. The van der Waals surface area contributed by atoms with Crippen molar-refractivity contribution >= 4 is 45.3 Å². The molecular formula is C36H40Cl2F2N2O9S. The van der Waals surface area contributed by atoms with Crippen molar-refractivity contribution < 1.29 is 50.5 Å². The largest absolute Gasteiger partial charge is 0.493 e. The van der Waals surface area contributed by atoms with Crippen LogP contribution < -0.4 is 14.2 Å². The van der Waals surface area contributed by atoms with Gasteiger partial charge in [-0.05, 0) is 93.7 Å². The van der Waals surface area contributed by atoms with Crippen molar-refractivity contribution in [2.75, 3.05) is 19.5 Å². The number of benzene rings is 2. The number of aromatic nitrogens is 1. The molecule has 1 heterocycles. The summed E-state index contributed by atoms with van der Waals surface area (Å²) in [5.41, 5.74) is 0.217. The van der Waals surface area contributed by atoms with Gasteiger partial charge in [0.1, 0.15) is 17.5 Å². The second-order valence-corrected chi connectivity index (χ2v) is 16.6. The van der Waals surface area contributed by atoms with Gasteiger partial charge in [0, 0.05) is 24.4 Å². The van der Waals surface area contributed by atoms with Crippen LogP contribution in [0.5, 0.6) is 17.2 Å². The van der Waals surface area contributed by atoms with Gasteiger partial charge >= 0.3 is 18.7 Å². The molecule has 1 atom stereocenters. The zero-order valence-electron chi connectivity index (χ0n) is 29.1. The lowest BCUT2D eigenvalue weighted by atomic mass is 10.0. The Kier molecular flexibility index (Phi) is 12.4. The SMILES string of the molecule is CC(C)(C)OC(=O)N(Cc1ccc(C(=O)OC(Cc2c(Cl)cncc2Cl)c2ccc(OC(F)F)c(OCC3CC3)c2)cc1OCC1CC1)S(C)(=O)=O. The fourth-order valence-corrected chi connectivity index (χ4v) is 6.19. The van der Waals surface area contributed by atoms with E-state index >= 15 is 0 Å². The zero-order valence-corrected chi connectivity index (χ0v) is 31.4. The molecule has 1 unspecified atom stereocenters. The lowest BCUT2D eigenvalue weighted by Gasteiger charge is -2.26. The summed E-state index contributed by atoms with van der Waals surface area (Å²) in [5.74, 6) is -0.133. The fourth-order valence-electron chi connectivity index (χ4n) is 4.99. The van der Waals surface area contributed by atoms with E-state index in [1.54, 1.807) is 20.8 Å². The highest BCUT2D eigenvalue weighted by atomic mass is 35.5. The molecule has 0 saturated heterocycles. The second-order valence-electron chi connectivity index (χ2n) is 13.8. The summed E-state index contributed by atoms with van der Waals surface area (Å²) < 4.78 is 80.5. The number of amides is 1. The minimum atomic E-state index is -4.07. The molecule has 1 aromatic heterocycles. The van der Waals surface area contributed by atoms with Gasteiger partial charge < -0.3 is 23.7 Å². The predicted octanol–water partition coefficient (Wildman–Crippen LogP) is 8.40. The highest BCUT2D eigenvalue weighted by Crippen LogP contribution is 2.39. The van der Waals surface area contributed by atoms with E-state index in [1.165, 1.54) is 48.8 Å². The minimum absolute atomic E-state index is 0.0224. The molecule has 5 rings (SSSR count). The van der Waals surface area contributed by atoms with Crippen LogP contribution in [0.25, 0.3) is 0 Å². The lowest BCUT2D eigenvalue weighted by Crippen LogP contribution is -2.39. The molecule has 2 aromatic carbocycles. The van der Waals surface area contributed by atoms with E-state index in [0.29, 0.717) is 46.0 Å². The average Bonchev–Trinajstić information content (AvgIpc) is 3.98. The number of rotatable bonds is 16. The van der Waals surface area contributed by atoms with Crippen LogP contribution in [0.3, 0.4) is 0 Å². The van der Waals surface area contributed by atoms with Crippen molar-refractivity contribution in [3.63, 3.8) is 0 Å². The molecule has 2 aliphatic carbocycles. The maximum absolute atomic E-state index is 13.9. The molecule has 1 amide bonds. The standard InChI is InChI=1S/C36H40Cl2F2N2O9S/c1-36(2,3)51-35(44)42(52(4,45)46)18-25-10-9-24(14-30(25)47-19-21-5-6-21)33(43)49-31(15-26-27(37)16-41-17-28(26)38)23-11-12-29(50-34(39)40)32(13-23)48-20-22-7-8-22/h9-14,16-17,21-22,31,34H,5-8,15,18-20H2,1-4H3. The third-order valence-electron chi connectivity index (χ3n) is 8.10. The lowest BCUT2D eigenvalue weighted by molar-refractivity contribution is -0.0515. The monoisotopic (exact) mass is 784 g/mol. The average molecular weight is 786 g/mol. The van der Waals surface area contributed by atoms with Gasteiger partial charge in [-0.3, -0.25) is 4.98 Å². The van der Waals surface area contributed by atoms with Gasteiger partial charge in [0.05, 0.1) is 41.6 Å². The molecule has 0 radical (unpaired) electrons. The predicted molar refractivity (Wildman–Crippen MR) is 189 cm³/mol. The zero-order chi connectivity index (χ0) is 37.8. The Morgan fingerprint density at radius 1 is 0.923 bits per heavy atom. The molecule has 52 heavy (non-hydrogen) atoms. The Morgan fingerprint density at radius 2 is 1.54 bits per heavy atom. The van der Waals surface area contributed by atoms with Gasteiger partial charge in [-0.2, -0.15) is 13.1 Å². The number of esters is 1. The van der Waals surface area contributed by atoms with Crippen LogP contribution in [0.2, 0.25) is 10.0 Å². The smallest absolute Gasteiger partial charge is 0.424 e. The Hall–Kier alpha value is -3.88. The van der Waals surface area contributed by atoms with Crippen LogP contribution in [-0.4, -0.2) is 61.5 Å². The van der Waals surface area contributed by atoms with Gasteiger partial charge in [0.2, 0.25) is 10.0 Å². The van der Waals surface area contributed by atoms with Crippen molar-refractivity contribution in [1.29, 1.82) is 0 Å². The highest BCUT2D eigenvalue weighted by Gasteiger charge is 2.31. The van der Waals surface area contributed by atoms with Crippen molar-refractivity contribution in [3.8, 4) is 17.2 Å². The summed E-state index contributed by atoms with van der Waals surface area (Å²) in [4.78, 5) is 30.8. The van der Waals surface area contributed by atoms with Crippen molar-refractivity contribution in [1.82, 2.24) is 9.29 Å². The number of pyridine rings is 1. The number of nitrogens with zero attached hydrogens (tertiary/aromatic N) is 2. The molecule has 0 bridgehead atoms. The molecule has 0 N–H and O–H groups in total. The number of sulfonamides is 1. The maximum atomic E-state index is 13.9. The number of carbonyl (C=O) groups is 2. The molecule has 0 spiro atoms. The normalized spacial score (nSPS) is 15.2. The minimum Gasteiger partial charge on any atom is -0.493 e. The Balaban J connectivity index is 1.47. The van der Waals surface area contributed by atoms with E-state index in [0.717, 1.165) is 31.9 Å². The maximum Gasteiger partial charge on any atom is 0.424 e. The number of halogens is 4. The first-order valence-corrected chi connectivity index (χ1v) is 19.2. The van der Waals surface area contributed by atoms with Crippen LogP contribution in [0.1, 0.15) is 79.6 Å². The second kappa shape index (κ2) is 16.4. The van der Waals surface area contributed by atoms with Gasteiger partial charge in [-0.25, -0.2) is 18.0 Å². The fraction of sp³-hybridized carbons (Fsp3) is 0.472. The third-order valence-corrected chi connectivity index (χ3v) is 9.83. The summed E-state index contributed by atoms with van der Waals surface area (Å²) in [6.07, 6.45) is 5.37. The van der Waals surface area contributed by atoms with E-state index in [2.05, 4.69) is 4.98 Å². The van der Waals surface area contributed by atoms with Gasteiger partial charge in [-0.15, -0.1) is 0 Å². The summed E-state index contributed by atoms with van der Waals surface area (Å²) in [7, 11) is -4.07. The third kappa shape index (κ3) is 11.3. The summed E-state index contributed by atoms with van der Waals surface area (Å²) in [6, 6.07) is 8.59. The molecule has 2 aliphatic rings. The van der Waals surface area contributed by atoms with Gasteiger partial charge in [0.25, 0.3) is 0 Å². The number of hydrogen-bond donors (Lipinski definition) is 0. The van der Waals surface area contributed by atoms with E-state index in [9.17, 15) is 26.8 Å². The van der Waals surface area contributed by atoms with Gasteiger partial charge in [0.15, 0.2) is 11.5 Å². The molecule has 3 aromatic rings. The Bertz CT molecular complexity index is 1860. The highest BCUT2D eigenvalue weighted by molar-refractivity contribution is 7.88. The summed E-state index contributed by atoms with van der Waals surface area (Å²) in [5, 5.41) is 0.439. The molecule has 282 valence electrons. The topological polar surface area (TPSA) is 131 Å². The van der Waals surface area contributed by atoms with E-state index < -0.39 is 46.9 Å². The van der Waals surface area contributed by atoms with Crippen LogP contribution in [0.15, 0.2) is 48.8 Å². The quantitative estimate of drug-likeness (QED) is 0.131. The molecular weight excluding hydrogens is 745 g/mol. The molecule has 2 fully saturated rings. The van der Waals surface area contributed by atoms with Crippen LogP contribution >= 0.6 is 23.2 Å². The Morgan fingerprint density at radius 3 is 2.10 bits per heavy atom. The number of hydrogen-bond acceptors (Lipinski definition) is 10. The summed E-state index contributed by atoms with van der Waals surface area (Å²) in [6.45, 7) is 1.96. The first kappa shape index (κ1) is 39.3. The molecule has 0 aliphatic heterocycles. The first-order valence-electron chi connectivity index (χ1n) is 16.6. The number of carbonyl (C=O) groups excluding carboxylic acids is 2. The first-order chi connectivity index (χ1) is 24.5. The number of ether oxygens (including phenoxy) is 5. The van der Waals surface area contributed by atoms with Crippen LogP contribution in [0, 0.1) is 11.8 Å². The van der Waals surface area contributed by atoms with E-state index in [1.807, 2.05) is 0 Å². The van der Waals surface area contributed by atoms with Crippen LogP contribution in [0.4, 0.5) is 13.6 Å².